The molecule has 0 spiro atoms. The number of fused-ring (bicyclic) bond motifs is 1. The van der Waals surface area contributed by atoms with Crippen LogP contribution in [-0.4, -0.2) is 40.1 Å². The number of nitrogens with one attached hydrogen (secondary N) is 2. The molecule has 2 heterocycles. The summed E-state index contributed by atoms with van der Waals surface area (Å²) in [4.78, 5) is 18.3. The van der Waals surface area contributed by atoms with E-state index in [1.165, 1.54) is 0 Å². The molecule has 1 aliphatic rings. The summed E-state index contributed by atoms with van der Waals surface area (Å²) in [6.07, 6.45) is 1.02. The molecule has 8 nitrogen and oxygen atoms in total. The number of anilines is 2. The number of carbonyl (C=O) groups is 1. The Balaban J connectivity index is 1.74. The lowest BCUT2D eigenvalue weighted by molar-refractivity contribution is -0.113. The van der Waals surface area contributed by atoms with E-state index in [0.29, 0.717) is 34.7 Å². The molecule has 1 amide bonds. The first-order valence-electron chi connectivity index (χ1n) is 11.3. The number of aromatic nitrogens is 3. The van der Waals surface area contributed by atoms with Crippen molar-refractivity contribution in [1.29, 1.82) is 0 Å². The zero-order valence-electron chi connectivity index (χ0n) is 19.8. The highest BCUT2D eigenvalue weighted by atomic mass is 32.2. The summed E-state index contributed by atoms with van der Waals surface area (Å²) in [6, 6.07) is 14.7. The van der Waals surface area contributed by atoms with Gasteiger partial charge in [0.1, 0.15) is 17.5 Å². The quantitative estimate of drug-likeness (QED) is 0.412. The smallest absolute Gasteiger partial charge is 0.255 e. The summed E-state index contributed by atoms with van der Waals surface area (Å²) in [7, 11) is 1.58. The maximum Gasteiger partial charge on any atom is 0.255 e. The van der Waals surface area contributed by atoms with E-state index in [4.69, 9.17) is 14.6 Å². The maximum absolute atomic E-state index is 13.6. The van der Waals surface area contributed by atoms with Crippen molar-refractivity contribution >= 4 is 29.3 Å². The zero-order valence-corrected chi connectivity index (χ0v) is 20.6. The van der Waals surface area contributed by atoms with Crippen LogP contribution in [0.25, 0.3) is 0 Å². The third kappa shape index (κ3) is 4.89. The van der Waals surface area contributed by atoms with Gasteiger partial charge in [0.05, 0.1) is 25.0 Å². The summed E-state index contributed by atoms with van der Waals surface area (Å²) in [5, 5.41) is 11.7. The molecule has 0 bridgehead atoms. The number of hydrogen-bond donors (Lipinski definition) is 2. The first-order valence-corrected chi connectivity index (χ1v) is 12.3. The van der Waals surface area contributed by atoms with E-state index < -0.39 is 6.04 Å². The van der Waals surface area contributed by atoms with Crippen molar-refractivity contribution in [3.8, 4) is 11.5 Å². The minimum Gasteiger partial charge on any atom is -0.495 e. The third-order valence-electron chi connectivity index (χ3n) is 5.38. The molecule has 0 radical (unpaired) electrons. The molecule has 34 heavy (non-hydrogen) atoms. The SMILES string of the molecule is CCCSc1nc2n(n1)C(c1ccc(OCC)cc1)C(C(=O)Nc1ccccc1OC)=C(C)N2. The molecule has 0 saturated heterocycles. The van der Waals surface area contributed by atoms with Gasteiger partial charge in [-0.2, -0.15) is 4.98 Å². The van der Waals surface area contributed by atoms with Gasteiger partial charge >= 0.3 is 0 Å². The van der Waals surface area contributed by atoms with Crippen molar-refractivity contribution in [3.63, 3.8) is 0 Å². The number of hydrogen-bond acceptors (Lipinski definition) is 7. The minimum absolute atomic E-state index is 0.239. The Labute approximate surface area is 203 Å². The van der Waals surface area contributed by atoms with Crippen molar-refractivity contribution in [3.05, 3.63) is 65.4 Å². The largest absolute Gasteiger partial charge is 0.495 e. The number of rotatable bonds is 9. The fourth-order valence-electron chi connectivity index (χ4n) is 3.84. The fraction of sp³-hybridized carbons (Fsp3) is 0.320. The molecular formula is C25H29N5O3S. The topological polar surface area (TPSA) is 90.3 Å². The van der Waals surface area contributed by atoms with E-state index in [0.717, 1.165) is 29.2 Å². The number of para-hydroxylation sites is 2. The Morgan fingerprint density at radius 2 is 1.94 bits per heavy atom. The first-order chi connectivity index (χ1) is 16.5. The van der Waals surface area contributed by atoms with Gasteiger partial charge in [-0.3, -0.25) is 4.79 Å². The van der Waals surface area contributed by atoms with Crippen LogP contribution in [0.1, 0.15) is 38.8 Å². The van der Waals surface area contributed by atoms with Crippen molar-refractivity contribution in [2.45, 2.75) is 38.4 Å². The molecule has 2 aromatic carbocycles. The van der Waals surface area contributed by atoms with E-state index >= 15 is 0 Å². The minimum atomic E-state index is -0.454. The second kappa shape index (κ2) is 10.6. The van der Waals surface area contributed by atoms with Crippen LogP contribution >= 0.6 is 11.8 Å². The third-order valence-corrected chi connectivity index (χ3v) is 6.42. The molecule has 178 valence electrons. The maximum atomic E-state index is 13.6. The first kappa shape index (κ1) is 23.7. The lowest BCUT2D eigenvalue weighted by atomic mass is 9.95. The van der Waals surface area contributed by atoms with Gasteiger partial charge in [-0.1, -0.05) is 43.0 Å². The predicted octanol–water partition coefficient (Wildman–Crippen LogP) is 5.12. The van der Waals surface area contributed by atoms with Gasteiger partial charge < -0.3 is 20.1 Å². The van der Waals surface area contributed by atoms with Gasteiger partial charge in [0.25, 0.3) is 5.91 Å². The lowest BCUT2D eigenvalue weighted by Crippen LogP contribution is -2.31. The van der Waals surface area contributed by atoms with E-state index in [1.807, 2.05) is 62.4 Å². The van der Waals surface area contributed by atoms with Crippen LogP contribution in [-0.2, 0) is 4.79 Å². The van der Waals surface area contributed by atoms with Gasteiger partial charge in [0.15, 0.2) is 0 Å². The Hall–Kier alpha value is -3.46. The summed E-state index contributed by atoms with van der Waals surface area (Å²) in [6.45, 7) is 6.54. The van der Waals surface area contributed by atoms with E-state index in [-0.39, 0.29) is 5.91 Å². The lowest BCUT2D eigenvalue weighted by Gasteiger charge is -2.29. The van der Waals surface area contributed by atoms with E-state index in [2.05, 4.69) is 22.5 Å². The standard InChI is InChI=1S/C25H29N5O3S/c1-5-15-34-25-28-24-26-16(3)21(23(31)27-19-9-7-8-10-20(19)32-4)22(30(24)29-25)17-11-13-18(14-12-17)33-6-2/h7-14,22H,5-6,15H2,1-4H3,(H,27,31)(H,26,28,29). The monoisotopic (exact) mass is 479 g/mol. The highest BCUT2D eigenvalue weighted by Gasteiger charge is 2.34. The van der Waals surface area contributed by atoms with Crippen LogP contribution in [0, 0.1) is 0 Å². The number of amides is 1. The molecule has 4 rings (SSSR count). The Kier molecular flexibility index (Phi) is 7.42. The molecule has 3 aromatic rings. The molecule has 0 fully saturated rings. The normalized spacial score (nSPS) is 14.9. The highest BCUT2D eigenvalue weighted by Crippen LogP contribution is 2.37. The molecule has 1 aliphatic heterocycles. The summed E-state index contributed by atoms with van der Waals surface area (Å²) in [5.41, 5.74) is 2.79. The molecule has 0 aliphatic carbocycles. The number of methoxy groups -OCH3 is 1. The second-order valence-corrected chi connectivity index (χ2v) is 8.80. The van der Waals surface area contributed by atoms with Gasteiger partial charge in [0.2, 0.25) is 11.1 Å². The molecular weight excluding hydrogens is 450 g/mol. The van der Waals surface area contributed by atoms with Gasteiger partial charge in [-0.25, -0.2) is 4.68 Å². The van der Waals surface area contributed by atoms with E-state index in [1.54, 1.807) is 23.6 Å². The molecule has 1 atom stereocenters. The summed E-state index contributed by atoms with van der Waals surface area (Å²) >= 11 is 1.60. The zero-order chi connectivity index (χ0) is 24.1. The van der Waals surface area contributed by atoms with Gasteiger partial charge in [-0.05, 0) is 50.1 Å². The van der Waals surface area contributed by atoms with Crippen LogP contribution < -0.4 is 20.1 Å². The van der Waals surface area contributed by atoms with Gasteiger partial charge in [0, 0.05) is 11.4 Å². The molecule has 2 N–H and O–H groups in total. The number of ether oxygens (including phenoxy) is 2. The van der Waals surface area contributed by atoms with Crippen molar-refractivity contribution in [2.75, 3.05) is 30.1 Å². The van der Waals surface area contributed by atoms with Crippen LogP contribution in [0.2, 0.25) is 0 Å². The molecule has 1 unspecified atom stereocenters. The average molecular weight is 480 g/mol. The predicted molar refractivity (Wildman–Crippen MR) is 135 cm³/mol. The van der Waals surface area contributed by atoms with E-state index in [9.17, 15) is 4.79 Å². The Morgan fingerprint density at radius 3 is 2.65 bits per heavy atom. The summed E-state index contributed by atoms with van der Waals surface area (Å²) in [5.74, 6) is 2.67. The van der Waals surface area contributed by atoms with Crippen LogP contribution in [0.15, 0.2) is 65.0 Å². The number of allylic oxidation sites excluding steroid dienone is 1. The Morgan fingerprint density at radius 1 is 1.18 bits per heavy atom. The summed E-state index contributed by atoms with van der Waals surface area (Å²) < 4.78 is 12.8. The number of nitrogens with zero attached hydrogens (tertiary/aromatic N) is 3. The van der Waals surface area contributed by atoms with Crippen molar-refractivity contribution in [2.24, 2.45) is 0 Å². The average Bonchev–Trinajstić information content (AvgIpc) is 3.25. The van der Waals surface area contributed by atoms with Crippen LogP contribution in [0.3, 0.4) is 0 Å². The second-order valence-electron chi connectivity index (χ2n) is 7.73. The van der Waals surface area contributed by atoms with Gasteiger partial charge in [-0.15, -0.1) is 5.10 Å². The molecule has 0 saturated carbocycles. The van der Waals surface area contributed by atoms with Crippen LogP contribution in [0.4, 0.5) is 11.6 Å². The number of thioether (sulfide) groups is 1. The highest BCUT2D eigenvalue weighted by molar-refractivity contribution is 7.99. The van der Waals surface area contributed by atoms with Crippen molar-refractivity contribution in [1.82, 2.24) is 14.8 Å². The molecule has 9 heteroatoms. The van der Waals surface area contributed by atoms with Crippen LogP contribution in [0.5, 0.6) is 11.5 Å². The molecule has 1 aromatic heterocycles. The Bertz CT molecular complexity index is 1190. The van der Waals surface area contributed by atoms with Crippen molar-refractivity contribution < 1.29 is 14.3 Å². The number of benzene rings is 2. The number of carbonyl (C=O) groups excluding carboxylic acids is 1. The fourth-order valence-corrected chi connectivity index (χ4v) is 4.52.